The summed E-state index contributed by atoms with van der Waals surface area (Å²) in [7, 11) is 2.05. The van der Waals surface area contributed by atoms with Gasteiger partial charge in [0, 0.05) is 31.7 Å². The number of aromatic hydroxyl groups is 1. The number of carbonyl (C=O) groups is 1. The van der Waals surface area contributed by atoms with Gasteiger partial charge in [0.1, 0.15) is 11.3 Å². The van der Waals surface area contributed by atoms with Gasteiger partial charge in [0.2, 0.25) is 0 Å². The number of H-pyrrole nitrogens is 1. The summed E-state index contributed by atoms with van der Waals surface area (Å²) >= 11 is 0. The number of fused-ring (bicyclic) bond motifs is 1. The third kappa shape index (κ3) is 3.29. The molecule has 2 heterocycles. The zero-order chi connectivity index (χ0) is 19.0. The van der Waals surface area contributed by atoms with Crippen LogP contribution in [0.3, 0.4) is 0 Å². The molecule has 1 aromatic heterocycles. The summed E-state index contributed by atoms with van der Waals surface area (Å²) in [6.45, 7) is 3.13. The number of aromatic amines is 1. The Kier molecular flexibility index (Phi) is 4.37. The van der Waals surface area contributed by atoms with E-state index in [4.69, 9.17) is 0 Å². The van der Waals surface area contributed by atoms with Crippen molar-refractivity contribution in [3.05, 3.63) is 58.6 Å². The van der Waals surface area contributed by atoms with Crippen LogP contribution in [0.25, 0.3) is 22.0 Å². The maximum absolute atomic E-state index is 12.8. The van der Waals surface area contributed by atoms with Crippen molar-refractivity contribution >= 4 is 16.8 Å². The second-order valence-electron chi connectivity index (χ2n) is 6.80. The topological polar surface area (TPSA) is 89.5 Å². The maximum Gasteiger partial charge on any atom is 0.258 e. The van der Waals surface area contributed by atoms with E-state index in [0.29, 0.717) is 29.6 Å². The van der Waals surface area contributed by atoms with Crippen LogP contribution < -0.4 is 5.56 Å². The van der Waals surface area contributed by atoms with Crippen LogP contribution in [0, 0.1) is 0 Å². The average Bonchev–Trinajstić information content (AvgIpc) is 2.69. The van der Waals surface area contributed by atoms with E-state index in [1.165, 1.54) is 6.33 Å². The Labute approximate surface area is 155 Å². The summed E-state index contributed by atoms with van der Waals surface area (Å²) in [5, 5.41) is 10.6. The molecule has 1 aliphatic rings. The smallest absolute Gasteiger partial charge is 0.258 e. The first-order chi connectivity index (χ1) is 13.0. The normalized spacial score (nSPS) is 15.2. The molecule has 0 aliphatic carbocycles. The molecule has 0 radical (unpaired) electrons. The second kappa shape index (κ2) is 6.85. The number of hydrogen-bond donors (Lipinski definition) is 2. The molecule has 1 saturated heterocycles. The minimum atomic E-state index is -0.318. The number of hydrogen-bond acceptors (Lipinski definition) is 5. The minimum Gasteiger partial charge on any atom is -0.506 e. The van der Waals surface area contributed by atoms with Gasteiger partial charge >= 0.3 is 0 Å². The van der Waals surface area contributed by atoms with Gasteiger partial charge in [-0.15, -0.1) is 0 Å². The summed E-state index contributed by atoms with van der Waals surface area (Å²) in [6.07, 6.45) is 1.26. The van der Waals surface area contributed by atoms with Crippen LogP contribution in [0.1, 0.15) is 10.4 Å². The van der Waals surface area contributed by atoms with Crippen LogP contribution in [0.2, 0.25) is 0 Å². The Balaban J connectivity index is 1.70. The molecule has 1 aliphatic heterocycles. The molecule has 4 rings (SSSR count). The lowest BCUT2D eigenvalue weighted by Crippen LogP contribution is -2.47. The third-order valence-corrected chi connectivity index (χ3v) is 4.96. The molecular formula is C20H20N4O3. The van der Waals surface area contributed by atoms with E-state index >= 15 is 0 Å². The fraction of sp³-hybridized carbons (Fsp3) is 0.250. The number of rotatable bonds is 2. The van der Waals surface area contributed by atoms with Crippen LogP contribution in [0.5, 0.6) is 5.75 Å². The number of piperazine rings is 1. The molecule has 7 nitrogen and oxygen atoms in total. The van der Waals surface area contributed by atoms with E-state index in [1.807, 2.05) is 24.1 Å². The second-order valence-corrected chi connectivity index (χ2v) is 6.80. The Hall–Kier alpha value is -3.19. The first-order valence-corrected chi connectivity index (χ1v) is 8.81. The van der Waals surface area contributed by atoms with Gasteiger partial charge in [-0.05, 0) is 42.4 Å². The van der Waals surface area contributed by atoms with E-state index in [2.05, 4.69) is 14.9 Å². The molecule has 0 unspecified atom stereocenters. The first kappa shape index (κ1) is 17.2. The average molecular weight is 364 g/mol. The number of nitrogens with one attached hydrogen (secondary N) is 1. The number of nitrogens with zero attached hydrogens (tertiary/aromatic N) is 3. The molecule has 0 atom stereocenters. The minimum absolute atomic E-state index is 0.00512. The SMILES string of the molecule is CN1CCN(C(=O)c2cccc(-c3cc(O)c4nc[nH]c(=O)c4c3)c2)CC1. The number of likely N-dealkylation sites (N-methyl/N-ethyl adjacent to an activating group) is 1. The van der Waals surface area contributed by atoms with Gasteiger partial charge in [0.25, 0.3) is 11.5 Å². The summed E-state index contributed by atoms with van der Waals surface area (Å²) in [5.41, 5.74) is 1.95. The fourth-order valence-electron chi connectivity index (χ4n) is 3.35. The fourth-order valence-corrected chi connectivity index (χ4v) is 3.35. The molecule has 7 heteroatoms. The van der Waals surface area contributed by atoms with Crippen molar-refractivity contribution in [1.82, 2.24) is 19.8 Å². The lowest BCUT2D eigenvalue weighted by Gasteiger charge is -2.32. The van der Waals surface area contributed by atoms with Crippen LogP contribution >= 0.6 is 0 Å². The molecule has 0 saturated carbocycles. The summed E-state index contributed by atoms with van der Waals surface area (Å²) in [4.78, 5) is 35.5. The Bertz CT molecular complexity index is 1070. The van der Waals surface area contributed by atoms with E-state index in [1.54, 1.807) is 24.3 Å². The van der Waals surface area contributed by atoms with Crippen LogP contribution in [-0.2, 0) is 0 Å². The lowest BCUT2D eigenvalue weighted by atomic mass is 10.0. The number of aromatic nitrogens is 2. The maximum atomic E-state index is 12.8. The Morgan fingerprint density at radius 1 is 1.11 bits per heavy atom. The van der Waals surface area contributed by atoms with Gasteiger partial charge in [0.15, 0.2) is 0 Å². The van der Waals surface area contributed by atoms with Gasteiger partial charge in [-0.2, -0.15) is 0 Å². The van der Waals surface area contributed by atoms with Gasteiger partial charge in [0.05, 0.1) is 11.7 Å². The number of amides is 1. The van der Waals surface area contributed by atoms with Crippen molar-refractivity contribution in [2.45, 2.75) is 0 Å². The summed E-state index contributed by atoms with van der Waals surface area (Å²) in [5.74, 6) is -0.0705. The van der Waals surface area contributed by atoms with Gasteiger partial charge < -0.3 is 19.9 Å². The highest BCUT2D eigenvalue weighted by Gasteiger charge is 2.20. The van der Waals surface area contributed by atoms with E-state index in [9.17, 15) is 14.7 Å². The van der Waals surface area contributed by atoms with Crippen molar-refractivity contribution in [3.8, 4) is 16.9 Å². The highest BCUT2D eigenvalue weighted by Crippen LogP contribution is 2.29. The molecule has 2 aromatic carbocycles. The molecule has 1 amide bonds. The van der Waals surface area contributed by atoms with Gasteiger partial charge in [-0.1, -0.05) is 12.1 Å². The highest BCUT2D eigenvalue weighted by molar-refractivity contribution is 5.96. The zero-order valence-electron chi connectivity index (χ0n) is 15.0. The molecule has 138 valence electrons. The Morgan fingerprint density at radius 2 is 1.89 bits per heavy atom. The zero-order valence-corrected chi connectivity index (χ0v) is 15.0. The Morgan fingerprint density at radius 3 is 2.67 bits per heavy atom. The monoisotopic (exact) mass is 364 g/mol. The standard InChI is InChI=1S/C20H20N4O3/c1-23-5-7-24(8-6-23)20(27)14-4-2-3-13(9-14)15-10-16-18(17(25)11-15)21-12-22-19(16)26/h2-4,9-12,25H,5-8H2,1H3,(H,21,22,26). The van der Waals surface area contributed by atoms with Gasteiger partial charge in [-0.3, -0.25) is 9.59 Å². The van der Waals surface area contributed by atoms with E-state index in [0.717, 1.165) is 18.7 Å². The van der Waals surface area contributed by atoms with Crippen molar-refractivity contribution < 1.29 is 9.90 Å². The predicted octanol–water partition coefficient (Wildman–Crippen LogP) is 1.68. The number of benzene rings is 2. The molecule has 0 bridgehead atoms. The van der Waals surface area contributed by atoms with Crippen LogP contribution in [-0.4, -0.2) is 64.0 Å². The largest absolute Gasteiger partial charge is 0.506 e. The third-order valence-electron chi connectivity index (χ3n) is 4.96. The summed E-state index contributed by atoms with van der Waals surface area (Å²) < 4.78 is 0. The number of phenolic OH excluding ortho intramolecular Hbond substituents is 1. The van der Waals surface area contributed by atoms with Crippen molar-refractivity contribution in [1.29, 1.82) is 0 Å². The lowest BCUT2D eigenvalue weighted by molar-refractivity contribution is 0.0664. The van der Waals surface area contributed by atoms with E-state index in [-0.39, 0.29) is 22.7 Å². The quantitative estimate of drug-likeness (QED) is 0.722. The molecule has 0 spiro atoms. The highest BCUT2D eigenvalue weighted by atomic mass is 16.3. The van der Waals surface area contributed by atoms with E-state index < -0.39 is 0 Å². The van der Waals surface area contributed by atoms with Crippen LogP contribution in [0.4, 0.5) is 0 Å². The van der Waals surface area contributed by atoms with Gasteiger partial charge in [-0.25, -0.2) is 4.98 Å². The van der Waals surface area contributed by atoms with Crippen molar-refractivity contribution in [2.75, 3.05) is 33.2 Å². The molecule has 1 fully saturated rings. The summed E-state index contributed by atoms with van der Waals surface area (Å²) in [6, 6.07) is 10.5. The van der Waals surface area contributed by atoms with Crippen molar-refractivity contribution in [2.24, 2.45) is 0 Å². The van der Waals surface area contributed by atoms with Crippen LogP contribution in [0.15, 0.2) is 47.5 Å². The number of carbonyl (C=O) groups excluding carboxylic acids is 1. The van der Waals surface area contributed by atoms with Crippen molar-refractivity contribution in [3.63, 3.8) is 0 Å². The molecule has 27 heavy (non-hydrogen) atoms. The molecular weight excluding hydrogens is 344 g/mol. The molecule has 2 N–H and O–H groups in total. The number of phenols is 1. The predicted molar refractivity (Wildman–Crippen MR) is 103 cm³/mol. The molecule has 3 aromatic rings. The first-order valence-electron chi connectivity index (χ1n) is 8.81.